The molecule has 1 atom stereocenters. The summed E-state index contributed by atoms with van der Waals surface area (Å²) in [7, 11) is 3.57. The summed E-state index contributed by atoms with van der Waals surface area (Å²) in [5, 5.41) is 2.81. The SMILES string of the molecule is COc1ccsc1-c1cc(OP)nc(-c2nc(C(F)(F)F)cs2)n1. The highest BCUT2D eigenvalue weighted by atomic mass is 32.1. The summed E-state index contributed by atoms with van der Waals surface area (Å²) in [6.45, 7) is 0. The summed E-state index contributed by atoms with van der Waals surface area (Å²) in [6.07, 6.45) is -4.51. The van der Waals surface area contributed by atoms with E-state index in [2.05, 4.69) is 15.0 Å². The first-order valence-electron chi connectivity index (χ1n) is 6.33. The Bertz CT molecular complexity index is 866. The van der Waals surface area contributed by atoms with Gasteiger partial charge in [0.1, 0.15) is 5.75 Å². The summed E-state index contributed by atoms with van der Waals surface area (Å²) < 4.78 is 48.5. The molecule has 1 unspecified atom stereocenters. The van der Waals surface area contributed by atoms with Crippen molar-refractivity contribution in [3.05, 3.63) is 28.6 Å². The number of thiazole rings is 1. The van der Waals surface area contributed by atoms with Crippen LogP contribution in [0.1, 0.15) is 5.69 Å². The van der Waals surface area contributed by atoms with E-state index >= 15 is 0 Å². The fraction of sp³-hybridized carbons (Fsp3) is 0.154. The zero-order valence-electron chi connectivity index (χ0n) is 12.0. The van der Waals surface area contributed by atoms with Crippen molar-refractivity contribution in [2.75, 3.05) is 7.11 Å². The molecule has 3 heterocycles. The first-order valence-corrected chi connectivity index (χ1v) is 8.56. The van der Waals surface area contributed by atoms with Gasteiger partial charge in [0.15, 0.2) is 16.5 Å². The van der Waals surface area contributed by atoms with Crippen LogP contribution in [-0.4, -0.2) is 22.1 Å². The number of alkyl halides is 3. The normalized spacial score (nSPS) is 11.5. The molecule has 0 N–H and O–H groups in total. The maximum Gasteiger partial charge on any atom is 0.434 e. The first kappa shape index (κ1) is 17.1. The Morgan fingerprint density at radius 2 is 1.96 bits per heavy atom. The van der Waals surface area contributed by atoms with Crippen molar-refractivity contribution >= 4 is 32.1 Å². The molecule has 0 saturated carbocycles. The Balaban J connectivity index is 2.09. The average Bonchev–Trinajstić information content (AvgIpc) is 3.22. The summed E-state index contributed by atoms with van der Waals surface area (Å²) >= 11 is 2.20. The van der Waals surface area contributed by atoms with Crippen LogP contribution in [0, 0.1) is 0 Å². The zero-order chi connectivity index (χ0) is 17.3. The molecule has 0 bridgehead atoms. The lowest BCUT2D eigenvalue weighted by atomic mass is 10.3. The van der Waals surface area contributed by atoms with Gasteiger partial charge in [-0.25, -0.2) is 9.97 Å². The number of hydrogen-bond acceptors (Lipinski definition) is 7. The van der Waals surface area contributed by atoms with E-state index in [1.54, 1.807) is 12.1 Å². The van der Waals surface area contributed by atoms with Gasteiger partial charge in [-0.15, -0.1) is 22.7 Å². The number of ether oxygens (including phenoxy) is 1. The standard InChI is InChI=1S/C13H9F3N3O2PS2/c1-20-7-2-3-23-10(7)6-4-9(21-22)19-11(17-6)12-18-8(5-24-12)13(14,15)16/h2-5H,22H2,1H3. The van der Waals surface area contributed by atoms with E-state index in [1.807, 2.05) is 14.8 Å². The van der Waals surface area contributed by atoms with Crippen LogP contribution < -0.4 is 9.26 Å². The third-order valence-corrected chi connectivity index (χ3v) is 4.89. The highest BCUT2D eigenvalue weighted by Crippen LogP contribution is 2.38. The number of hydrogen-bond donors (Lipinski definition) is 0. The summed E-state index contributed by atoms with van der Waals surface area (Å²) in [4.78, 5) is 12.7. The molecular weight excluding hydrogens is 382 g/mol. The Morgan fingerprint density at radius 3 is 2.58 bits per heavy atom. The number of methoxy groups -OCH3 is 1. The smallest absolute Gasteiger partial charge is 0.434 e. The molecule has 24 heavy (non-hydrogen) atoms. The molecule has 3 aromatic heterocycles. The molecule has 3 rings (SSSR count). The maximum atomic E-state index is 12.7. The van der Waals surface area contributed by atoms with Crippen LogP contribution in [0.5, 0.6) is 11.6 Å². The number of thiophene rings is 1. The average molecular weight is 391 g/mol. The minimum absolute atomic E-state index is 0.0564. The molecule has 0 aromatic carbocycles. The molecule has 11 heteroatoms. The van der Waals surface area contributed by atoms with E-state index < -0.39 is 11.9 Å². The van der Waals surface area contributed by atoms with Crippen LogP contribution in [0.25, 0.3) is 21.4 Å². The Hall–Kier alpha value is -1.77. The molecule has 0 aliphatic carbocycles. The van der Waals surface area contributed by atoms with Gasteiger partial charge in [0.25, 0.3) is 0 Å². The van der Waals surface area contributed by atoms with Gasteiger partial charge in [-0.1, -0.05) is 0 Å². The molecule has 0 fully saturated rings. The molecule has 126 valence electrons. The summed E-state index contributed by atoms with van der Waals surface area (Å²) in [5.41, 5.74) is -0.494. The van der Waals surface area contributed by atoms with Gasteiger partial charge in [-0.05, 0) is 11.4 Å². The van der Waals surface area contributed by atoms with Crippen molar-refractivity contribution in [2.45, 2.75) is 6.18 Å². The fourth-order valence-electron chi connectivity index (χ4n) is 1.85. The van der Waals surface area contributed by atoms with Crippen LogP contribution in [0.15, 0.2) is 22.9 Å². The molecule has 0 aliphatic heterocycles. The minimum atomic E-state index is -4.51. The van der Waals surface area contributed by atoms with Crippen molar-refractivity contribution in [2.24, 2.45) is 0 Å². The van der Waals surface area contributed by atoms with Crippen LogP contribution >= 0.6 is 32.1 Å². The topological polar surface area (TPSA) is 57.1 Å². The van der Waals surface area contributed by atoms with Crippen molar-refractivity contribution < 1.29 is 22.4 Å². The van der Waals surface area contributed by atoms with Crippen molar-refractivity contribution in [3.63, 3.8) is 0 Å². The van der Waals surface area contributed by atoms with Crippen molar-refractivity contribution in [1.29, 1.82) is 0 Å². The lowest BCUT2D eigenvalue weighted by molar-refractivity contribution is -0.140. The van der Waals surface area contributed by atoms with Gasteiger partial charge in [0.2, 0.25) is 5.88 Å². The highest BCUT2D eigenvalue weighted by Gasteiger charge is 2.34. The molecule has 5 nitrogen and oxygen atoms in total. The second-order valence-electron chi connectivity index (χ2n) is 4.39. The van der Waals surface area contributed by atoms with E-state index in [9.17, 15) is 13.2 Å². The van der Waals surface area contributed by atoms with E-state index in [4.69, 9.17) is 9.26 Å². The first-order chi connectivity index (χ1) is 11.4. The molecule has 0 saturated heterocycles. The van der Waals surface area contributed by atoms with E-state index in [1.165, 1.54) is 18.4 Å². The lowest BCUT2D eigenvalue weighted by Gasteiger charge is -2.06. The molecular formula is C13H9F3N3O2PS2. The number of nitrogens with zero attached hydrogens (tertiary/aromatic N) is 3. The Labute approximate surface area is 144 Å². The number of rotatable bonds is 4. The summed E-state index contributed by atoms with van der Waals surface area (Å²) in [6, 6.07) is 3.34. The number of aromatic nitrogens is 3. The molecule has 0 amide bonds. The largest absolute Gasteiger partial charge is 0.495 e. The van der Waals surface area contributed by atoms with Gasteiger partial charge in [0.05, 0.1) is 27.1 Å². The van der Waals surface area contributed by atoms with Gasteiger partial charge in [0, 0.05) is 11.4 Å². The van der Waals surface area contributed by atoms with Crippen LogP contribution in [0.4, 0.5) is 13.2 Å². The second-order valence-corrected chi connectivity index (χ2v) is 6.40. The van der Waals surface area contributed by atoms with Crippen molar-refractivity contribution in [1.82, 2.24) is 15.0 Å². The fourth-order valence-corrected chi connectivity index (χ4v) is 3.55. The van der Waals surface area contributed by atoms with E-state index in [0.717, 1.165) is 21.6 Å². The van der Waals surface area contributed by atoms with E-state index in [0.29, 0.717) is 11.4 Å². The van der Waals surface area contributed by atoms with Gasteiger partial charge in [-0.3, -0.25) is 0 Å². The predicted molar refractivity (Wildman–Crippen MR) is 88.3 cm³/mol. The number of halogens is 3. The second kappa shape index (κ2) is 6.62. The third-order valence-electron chi connectivity index (χ3n) is 2.89. The van der Waals surface area contributed by atoms with Gasteiger partial charge < -0.3 is 9.26 Å². The van der Waals surface area contributed by atoms with Crippen LogP contribution in [-0.2, 0) is 6.18 Å². The monoisotopic (exact) mass is 391 g/mol. The summed E-state index contributed by atoms with van der Waals surface area (Å²) in [5.74, 6) is 0.856. The maximum absolute atomic E-state index is 12.7. The molecule has 0 radical (unpaired) electrons. The Kier molecular flexibility index (Phi) is 4.71. The van der Waals surface area contributed by atoms with Crippen molar-refractivity contribution in [3.8, 4) is 33.0 Å². The molecule has 3 aromatic rings. The van der Waals surface area contributed by atoms with Gasteiger partial charge in [-0.2, -0.15) is 18.2 Å². The van der Waals surface area contributed by atoms with Crippen LogP contribution in [0.3, 0.4) is 0 Å². The zero-order valence-corrected chi connectivity index (χ0v) is 14.8. The molecule has 0 spiro atoms. The lowest BCUT2D eigenvalue weighted by Crippen LogP contribution is -2.05. The quantitative estimate of drug-likeness (QED) is 0.612. The van der Waals surface area contributed by atoms with Crippen LogP contribution in [0.2, 0.25) is 0 Å². The predicted octanol–water partition coefficient (Wildman–Crippen LogP) is 4.52. The van der Waals surface area contributed by atoms with Gasteiger partial charge >= 0.3 is 6.18 Å². The Morgan fingerprint density at radius 1 is 1.17 bits per heavy atom. The third kappa shape index (κ3) is 3.35. The minimum Gasteiger partial charge on any atom is -0.495 e. The van der Waals surface area contributed by atoms with E-state index in [-0.39, 0.29) is 16.7 Å². The molecule has 0 aliphatic rings. The highest BCUT2D eigenvalue weighted by molar-refractivity contribution is 7.14.